The molecule has 1 aromatic carbocycles. The normalized spacial score (nSPS) is 16.0. The number of fused-ring (bicyclic) bond motifs is 3. The average Bonchev–Trinajstić information content (AvgIpc) is 3.13. The molecule has 160 valence electrons. The van der Waals surface area contributed by atoms with E-state index in [0.717, 1.165) is 5.69 Å². The standard InChI is InChI=1S/C21H27N5O4/c1-6-9-24-19(27)17-18(23(3)21(24)28)22-20-25(11-13(2)12-26(17)20)15-10-14(29-4)7-8-16(15)30-5/h7-8,10,13H,6,9,11-12H2,1-5H3. The number of ether oxygens (including phenoxy) is 2. The molecule has 9 nitrogen and oxygen atoms in total. The summed E-state index contributed by atoms with van der Waals surface area (Å²) in [6.07, 6.45) is 0.700. The van der Waals surface area contributed by atoms with Crippen molar-refractivity contribution in [2.45, 2.75) is 33.4 Å². The Hall–Kier alpha value is -3.23. The van der Waals surface area contributed by atoms with Gasteiger partial charge >= 0.3 is 5.69 Å². The van der Waals surface area contributed by atoms with Gasteiger partial charge in [-0.1, -0.05) is 13.8 Å². The van der Waals surface area contributed by atoms with Gasteiger partial charge in [0.2, 0.25) is 5.95 Å². The molecule has 2 aromatic heterocycles. The topological polar surface area (TPSA) is 83.5 Å². The van der Waals surface area contributed by atoms with E-state index in [1.165, 1.54) is 9.13 Å². The smallest absolute Gasteiger partial charge is 0.332 e. The monoisotopic (exact) mass is 413 g/mol. The van der Waals surface area contributed by atoms with Crippen LogP contribution < -0.4 is 25.6 Å². The van der Waals surface area contributed by atoms with Crippen molar-refractivity contribution in [3.8, 4) is 11.5 Å². The van der Waals surface area contributed by atoms with Crippen LogP contribution in [0.5, 0.6) is 11.5 Å². The van der Waals surface area contributed by atoms with Crippen LogP contribution in [0.2, 0.25) is 0 Å². The molecule has 1 unspecified atom stereocenters. The highest BCUT2D eigenvalue weighted by Gasteiger charge is 2.31. The van der Waals surface area contributed by atoms with Crippen LogP contribution in [0.15, 0.2) is 27.8 Å². The number of imidazole rings is 1. The maximum absolute atomic E-state index is 13.2. The second kappa shape index (κ2) is 7.55. The number of hydrogen-bond acceptors (Lipinski definition) is 6. The molecule has 0 spiro atoms. The van der Waals surface area contributed by atoms with E-state index in [9.17, 15) is 9.59 Å². The predicted octanol–water partition coefficient (Wildman–Crippen LogP) is 2.11. The van der Waals surface area contributed by atoms with Crippen molar-refractivity contribution in [1.29, 1.82) is 0 Å². The molecule has 0 aliphatic carbocycles. The lowest BCUT2D eigenvalue weighted by Crippen LogP contribution is -2.40. The summed E-state index contributed by atoms with van der Waals surface area (Å²) in [7, 11) is 4.90. The molecule has 0 bridgehead atoms. The molecule has 1 aliphatic rings. The van der Waals surface area contributed by atoms with Gasteiger partial charge in [-0.25, -0.2) is 4.79 Å². The lowest BCUT2D eigenvalue weighted by molar-refractivity contribution is 0.399. The van der Waals surface area contributed by atoms with Crippen LogP contribution >= 0.6 is 0 Å². The number of nitrogens with zero attached hydrogens (tertiary/aromatic N) is 5. The molecule has 0 saturated heterocycles. The zero-order chi connectivity index (χ0) is 21.6. The Bertz CT molecular complexity index is 1220. The first-order valence-corrected chi connectivity index (χ1v) is 10.1. The van der Waals surface area contributed by atoms with Crippen LogP contribution in [0.1, 0.15) is 20.3 Å². The number of anilines is 2. The Kier molecular flexibility index (Phi) is 5.05. The fourth-order valence-corrected chi connectivity index (χ4v) is 4.14. The Morgan fingerprint density at radius 2 is 1.93 bits per heavy atom. The first-order chi connectivity index (χ1) is 14.4. The summed E-state index contributed by atoms with van der Waals surface area (Å²) in [6, 6.07) is 5.59. The average molecular weight is 413 g/mol. The van der Waals surface area contributed by atoms with E-state index in [1.54, 1.807) is 21.3 Å². The first-order valence-electron chi connectivity index (χ1n) is 10.1. The Morgan fingerprint density at radius 1 is 1.17 bits per heavy atom. The highest BCUT2D eigenvalue weighted by Crippen LogP contribution is 2.39. The molecule has 0 radical (unpaired) electrons. The number of rotatable bonds is 5. The van der Waals surface area contributed by atoms with Gasteiger partial charge in [-0.05, 0) is 24.5 Å². The van der Waals surface area contributed by atoms with Gasteiger partial charge in [0.05, 0.1) is 19.9 Å². The van der Waals surface area contributed by atoms with E-state index in [0.29, 0.717) is 54.7 Å². The van der Waals surface area contributed by atoms with E-state index < -0.39 is 0 Å². The highest BCUT2D eigenvalue weighted by atomic mass is 16.5. The maximum Gasteiger partial charge on any atom is 0.332 e. The molecule has 0 N–H and O–H groups in total. The first kappa shape index (κ1) is 20.1. The zero-order valence-corrected chi connectivity index (χ0v) is 18.0. The lowest BCUT2D eigenvalue weighted by Gasteiger charge is -2.33. The van der Waals surface area contributed by atoms with Crippen molar-refractivity contribution in [3.05, 3.63) is 39.0 Å². The van der Waals surface area contributed by atoms with Crippen LogP contribution in [0.4, 0.5) is 11.6 Å². The molecule has 1 atom stereocenters. The number of aryl methyl sites for hydroxylation is 1. The van der Waals surface area contributed by atoms with Crippen molar-refractivity contribution < 1.29 is 9.47 Å². The number of hydrogen-bond donors (Lipinski definition) is 0. The van der Waals surface area contributed by atoms with Crippen molar-refractivity contribution in [1.82, 2.24) is 18.7 Å². The Morgan fingerprint density at radius 3 is 2.60 bits per heavy atom. The zero-order valence-electron chi connectivity index (χ0n) is 18.0. The fourth-order valence-electron chi connectivity index (χ4n) is 4.14. The van der Waals surface area contributed by atoms with Crippen molar-refractivity contribution in [2.75, 3.05) is 25.7 Å². The molecule has 1 aliphatic heterocycles. The van der Waals surface area contributed by atoms with Gasteiger partial charge < -0.3 is 18.9 Å². The summed E-state index contributed by atoms with van der Waals surface area (Å²) >= 11 is 0. The quantitative estimate of drug-likeness (QED) is 0.637. The van der Waals surface area contributed by atoms with Crippen LogP contribution in [0.25, 0.3) is 11.2 Å². The van der Waals surface area contributed by atoms with Crippen LogP contribution in [-0.4, -0.2) is 39.4 Å². The van der Waals surface area contributed by atoms with Gasteiger partial charge in [-0.15, -0.1) is 0 Å². The molecule has 3 aromatic rings. The largest absolute Gasteiger partial charge is 0.497 e. The summed E-state index contributed by atoms with van der Waals surface area (Å²) in [6.45, 7) is 5.80. The molecule has 0 saturated carbocycles. The predicted molar refractivity (Wildman–Crippen MR) is 115 cm³/mol. The van der Waals surface area contributed by atoms with Gasteiger partial charge in [0.1, 0.15) is 11.5 Å². The molecule has 3 heterocycles. The van der Waals surface area contributed by atoms with E-state index >= 15 is 0 Å². The summed E-state index contributed by atoms with van der Waals surface area (Å²) in [4.78, 5) is 32.7. The van der Waals surface area contributed by atoms with E-state index in [4.69, 9.17) is 14.5 Å². The van der Waals surface area contributed by atoms with E-state index in [2.05, 4.69) is 6.92 Å². The third-order valence-electron chi connectivity index (χ3n) is 5.57. The maximum atomic E-state index is 13.2. The van der Waals surface area contributed by atoms with Crippen LogP contribution in [-0.2, 0) is 20.1 Å². The SMILES string of the molecule is CCCn1c(=O)c2c(nc3n2CC(C)CN3c2cc(OC)ccc2OC)n(C)c1=O. The molecule has 9 heteroatoms. The van der Waals surface area contributed by atoms with E-state index in [-0.39, 0.29) is 17.2 Å². The molecular weight excluding hydrogens is 386 g/mol. The summed E-state index contributed by atoms with van der Waals surface area (Å²) in [5.74, 6) is 2.25. The van der Waals surface area contributed by atoms with Gasteiger partial charge in [0.25, 0.3) is 5.56 Å². The number of methoxy groups -OCH3 is 2. The number of benzene rings is 1. The Balaban J connectivity index is 2.02. The van der Waals surface area contributed by atoms with Gasteiger partial charge in [-0.3, -0.25) is 13.9 Å². The highest BCUT2D eigenvalue weighted by molar-refractivity contribution is 5.78. The molecule has 0 amide bonds. The molecule has 0 fully saturated rings. The van der Waals surface area contributed by atoms with Crippen LogP contribution in [0.3, 0.4) is 0 Å². The third kappa shape index (κ3) is 2.96. The van der Waals surface area contributed by atoms with E-state index in [1.807, 2.05) is 34.6 Å². The van der Waals surface area contributed by atoms with Crippen molar-refractivity contribution in [2.24, 2.45) is 13.0 Å². The lowest BCUT2D eigenvalue weighted by atomic mass is 10.1. The van der Waals surface area contributed by atoms with Gasteiger partial charge in [0.15, 0.2) is 11.2 Å². The van der Waals surface area contributed by atoms with Crippen LogP contribution in [0, 0.1) is 5.92 Å². The molecule has 30 heavy (non-hydrogen) atoms. The Labute approximate surface area is 174 Å². The summed E-state index contributed by atoms with van der Waals surface area (Å²) in [5, 5.41) is 0. The second-order valence-electron chi connectivity index (χ2n) is 7.75. The minimum Gasteiger partial charge on any atom is -0.497 e. The fraction of sp³-hybridized carbons (Fsp3) is 0.476. The van der Waals surface area contributed by atoms with Gasteiger partial charge in [-0.2, -0.15) is 4.98 Å². The van der Waals surface area contributed by atoms with Gasteiger partial charge in [0, 0.05) is 32.7 Å². The summed E-state index contributed by atoms with van der Waals surface area (Å²) < 4.78 is 15.7. The van der Waals surface area contributed by atoms with Crippen molar-refractivity contribution >= 4 is 22.8 Å². The number of aromatic nitrogens is 4. The minimum absolute atomic E-state index is 0.252. The molecule has 4 rings (SSSR count). The second-order valence-corrected chi connectivity index (χ2v) is 7.75. The summed E-state index contributed by atoms with van der Waals surface area (Å²) in [5.41, 5.74) is 1.02. The van der Waals surface area contributed by atoms with Crippen molar-refractivity contribution in [3.63, 3.8) is 0 Å². The minimum atomic E-state index is -0.344. The molecular formula is C21H27N5O4. The third-order valence-corrected chi connectivity index (χ3v) is 5.57.